The number of benzene rings is 1. The number of hydrogen-bond donors (Lipinski definition) is 0. The molecule has 2 rings (SSSR count). The van der Waals surface area contributed by atoms with Crippen LogP contribution in [0.5, 0.6) is 0 Å². The summed E-state index contributed by atoms with van der Waals surface area (Å²) in [6, 6.07) is 6.31. The summed E-state index contributed by atoms with van der Waals surface area (Å²) in [4.78, 5) is 6.32. The average Bonchev–Trinajstić information content (AvgIpc) is 2.23. The van der Waals surface area contributed by atoms with Crippen molar-refractivity contribution in [3.63, 3.8) is 0 Å². The second-order valence-electron chi connectivity index (χ2n) is 3.52. The lowest BCUT2D eigenvalue weighted by atomic mass is 10.1. The second kappa shape index (κ2) is 4.10. The van der Waals surface area contributed by atoms with Gasteiger partial charge in [-0.1, -0.05) is 0 Å². The van der Waals surface area contributed by atoms with Crippen molar-refractivity contribution < 1.29 is 0 Å². The number of halogens is 2. The molecule has 0 spiro atoms. The summed E-state index contributed by atoms with van der Waals surface area (Å²) in [6.45, 7) is 0. The minimum atomic E-state index is 0.881. The van der Waals surface area contributed by atoms with Gasteiger partial charge in [0, 0.05) is 41.2 Å². The van der Waals surface area contributed by atoms with E-state index in [-0.39, 0.29) is 0 Å². The predicted octanol–water partition coefficient (Wildman–Crippen LogP) is 3.83. The zero-order valence-corrected chi connectivity index (χ0v) is 11.6. The molecule has 0 aliphatic heterocycles. The molecule has 0 aliphatic rings. The number of pyridine rings is 1. The molecular formula is C11H10Br2N2. The Morgan fingerprint density at radius 3 is 2.53 bits per heavy atom. The van der Waals surface area contributed by atoms with Gasteiger partial charge in [-0.2, -0.15) is 0 Å². The highest BCUT2D eigenvalue weighted by Crippen LogP contribution is 2.30. The van der Waals surface area contributed by atoms with Crippen molar-refractivity contribution in [2.75, 3.05) is 19.0 Å². The molecule has 0 fully saturated rings. The topological polar surface area (TPSA) is 16.1 Å². The van der Waals surface area contributed by atoms with E-state index >= 15 is 0 Å². The van der Waals surface area contributed by atoms with Crippen LogP contribution in [-0.2, 0) is 0 Å². The minimum Gasteiger partial charge on any atom is -0.378 e. The quantitative estimate of drug-likeness (QED) is 0.739. The molecule has 0 unspecified atom stereocenters. The van der Waals surface area contributed by atoms with Crippen LogP contribution < -0.4 is 4.90 Å². The summed E-state index contributed by atoms with van der Waals surface area (Å²) < 4.78 is 1.90. The fourth-order valence-corrected chi connectivity index (χ4v) is 2.32. The lowest BCUT2D eigenvalue weighted by Crippen LogP contribution is -2.08. The molecule has 1 heterocycles. The van der Waals surface area contributed by atoms with E-state index in [1.165, 1.54) is 11.1 Å². The molecule has 15 heavy (non-hydrogen) atoms. The minimum absolute atomic E-state index is 0.881. The van der Waals surface area contributed by atoms with E-state index in [4.69, 9.17) is 0 Å². The van der Waals surface area contributed by atoms with Gasteiger partial charge < -0.3 is 4.90 Å². The Labute approximate surface area is 106 Å². The Morgan fingerprint density at radius 2 is 1.87 bits per heavy atom. The van der Waals surface area contributed by atoms with Crippen molar-refractivity contribution in [3.05, 3.63) is 33.5 Å². The molecule has 4 heteroatoms. The van der Waals surface area contributed by atoms with Gasteiger partial charge in [-0.25, -0.2) is 4.98 Å². The Bertz CT molecular complexity index is 509. The summed E-state index contributed by atoms with van der Waals surface area (Å²) in [6.07, 6.45) is 1.81. The molecule has 78 valence electrons. The standard InChI is InChI=1S/C11H10Br2N2/c1-15(2)7-3-4-8-9(5-7)10(12)6-14-11(8)13/h3-6H,1-2H3. The number of fused-ring (bicyclic) bond motifs is 1. The first kappa shape index (κ1) is 10.9. The van der Waals surface area contributed by atoms with E-state index in [0.29, 0.717) is 0 Å². The van der Waals surface area contributed by atoms with Crippen LogP contribution in [0, 0.1) is 0 Å². The maximum Gasteiger partial charge on any atom is 0.113 e. The van der Waals surface area contributed by atoms with Gasteiger partial charge >= 0.3 is 0 Å². The van der Waals surface area contributed by atoms with E-state index in [2.05, 4.69) is 59.9 Å². The van der Waals surface area contributed by atoms with Crippen molar-refractivity contribution in [3.8, 4) is 0 Å². The third-order valence-electron chi connectivity index (χ3n) is 2.29. The van der Waals surface area contributed by atoms with Gasteiger partial charge in [0.2, 0.25) is 0 Å². The third-order valence-corrected chi connectivity index (χ3v) is 3.55. The van der Waals surface area contributed by atoms with Crippen molar-refractivity contribution >= 4 is 48.3 Å². The van der Waals surface area contributed by atoms with Crippen LogP contribution in [0.3, 0.4) is 0 Å². The summed E-state index contributed by atoms with van der Waals surface area (Å²) in [5.74, 6) is 0. The molecule has 0 bridgehead atoms. The van der Waals surface area contributed by atoms with Gasteiger partial charge in [0.05, 0.1) is 0 Å². The number of hydrogen-bond acceptors (Lipinski definition) is 2. The van der Waals surface area contributed by atoms with E-state index < -0.39 is 0 Å². The van der Waals surface area contributed by atoms with Gasteiger partial charge in [0.25, 0.3) is 0 Å². The molecule has 0 atom stereocenters. The van der Waals surface area contributed by atoms with Crippen molar-refractivity contribution in [1.29, 1.82) is 0 Å². The van der Waals surface area contributed by atoms with Crippen LogP contribution in [0.4, 0.5) is 5.69 Å². The molecular weight excluding hydrogens is 320 g/mol. The number of rotatable bonds is 1. The summed E-state index contributed by atoms with van der Waals surface area (Å²) in [7, 11) is 4.07. The summed E-state index contributed by atoms with van der Waals surface area (Å²) >= 11 is 6.96. The first-order valence-corrected chi connectivity index (χ1v) is 6.09. The van der Waals surface area contributed by atoms with Gasteiger partial charge in [0.1, 0.15) is 4.60 Å². The molecule has 0 saturated heterocycles. The SMILES string of the molecule is CN(C)c1ccc2c(Br)ncc(Br)c2c1. The smallest absolute Gasteiger partial charge is 0.113 e. The second-order valence-corrected chi connectivity index (χ2v) is 5.13. The summed E-state index contributed by atoms with van der Waals surface area (Å²) in [5, 5.41) is 2.29. The maximum atomic E-state index is 4.24. The lowest BCUT2D eigenvalue weighted by Gasteiger charge is -2.13. The first-order chi connectivity index (χ1) is 7.09. The lowest BCUT2D eigenvalue weighted by molar-refractivity contribution is 1.13. The van der Waals surface area contributed by atoms with Crippen LogP contribution in [-0.4, -0.2) is 19.1 Å². The fraction of sp³-hybridized carbons (Fsp3) is 0.182. The monoisotopic (exact) mass is 328 g/mol. The van der Waals surface area contributed by atoms with E-state index in [1.54, 1.807) is 0 Å². The Balaban J connectivity index is 2.76. The molecule has 0 radical (unpaired) electrons. The van der Waals surface area contributed by atoms with Crippen molar-refractivity contribution in [1.82, 2.24) is 4.98 Å². The third kappa shape index (κ3) is 2.01. The highest BCUT2D eigenvalue weighted by Gasteiger charge is 2.05. The van der Waals surface area contributed by atoms with E-state index in [0.717, 1.165) is 14.5 Å². The number of nitrogens with zero attached hydrogens (tertiary/aromatic N) is 2. The number of anilines is 1. The van der Waals surface area contributed by atoms with Crippen molar-refractivity contribution in [2.24, 2.45) is 0 Å². The molecule has 0 N–H and O–H groups in total. The van der Waals surface area contributed by atoms with Crippen LogP contribution in [0.1, 0.15) is 0 Å². The zero-order valence-electron chi connectivity index (χ0n) is 8.46. The molecule has 0 aliphatic carbocycles. The largest absolute Gasteiger partial charge is 0.378 e. The first-order valence-electron chi connectivity index (χ1n) is 4.50. The number of aromatic nitrogens is 1. The van der Waals surface area contributed by atoms with Crippen LogP contribution in [0.15, 0.2) is 33.5 Å². The average molecular weight is 330 g/mol. The molecule has 0 amide bonds. The van der Waals surface area contributed by atoms with Gasteiger partial charge in [-0.15, -0.1) is 0 Å². The molecule has 1 aromatic heterocycles. The van der Waals surface area contributed by atoms with Gasteiger partial charge in [0.15, 0.2) is 0 Å². The Hall–Kier alpha value is -0.610. The molecule has 2 aromatic rings. The highest BCUT2D eigenvalue weighted by atomic mass is 79.9. The maximum absolute atomic E-state index is 4.24. The normalized spacial score (nSPS) is 10.7. The highest BCUT2D eigenvalue weighted by molar-refractivity contribution is 9.11. The predicted molar refractivity (Wildman–Crippen MR) is 71.5 cm³/mol. The Morgan fingerprint density at radius 1 is 1.13 bits per heavy atom. The van der Waals surface area contributed by atoms with Crippen molar-refractivity contribution in [2.45, 2.75) is 0 Å². The van der Waals surface area contributed by atoms with E-state index in [1.807, 2.05) is 20.3 Å². The van der Waals surface area contributed by atoms with Gasteiger partial charge in [-0.05, 0) is 50.1 Å². The van der Waals surface area contributed by atoms with E-state index in [9.17, 15) is 0 Å². The summed E-state index contributed by atoms with van der Waals surface area (Å²) in [5.41, 5.74) is 1.18. The Kier molecular flexibility index (Phi) is 2.98. The fourth-order valence-electron chi connectivity index (χ4n) is 1.44. The van der Waals surface area contributed by atoms with Gasteiger partial charge in [-0.3, -0.25) is 0 Å². The zero-order chi connectivity index (χ0) is 11.0. The molecule has 0 saturated carbocycles. The van der Waals surface area contributed by atoms with Crippen LogP contribution >= 0.6 is 31.9 Å². The molecule has 2 nitrogen and oxygen atoms in total. The van der Waals surface area contributed by atoms with Crippen LogP contribution in [0.25, 0.3) is 10.8 Å². The van der Waals surface area contributed by atoms with Crippen LogP contribution in [0.2, 0.25) is 0 Å². The molecule has 1 aromatic carbocycles.